The van der Waals surface area contributed by atoms with Crippen LogP contribution in [0.5, 0.6) is 0 Å². The van der Waals surface area contributed by atoms with Crippen LogP contribution in [0.15, 0.2) is 53.4 Å². The third-order valence-corrected chi connectivity index (χ3v) is 5.34. The van der Waals surface area contributed by atoms with E-state index in [2.05, 4.69) is 11.6 Å². The van der Waals surface area contributed by atoms with Crippen LogP contribution in [0.25, 0.3) is 0 Å². The number of benzene rings is 2. The molecule has 1 atom stereocenters. The van der Waals surface area contributed by atoms with Gasteiger partial charge in [0.05, 0.1) is 10.8 Å². The number of aliphatic carboxylic acids is 1. The lowest BCUT2D eigenvalue weighted by Gasteiger charge is -2.10. The van der Waals surface area contributed by atoms with Crippen molar-refractivity contribution in [1.29, 1.82) is 0 Å². The summed E-state index contributed by atoms with van der Waals surface area (Å²) in [7, 11) is -3.64. The van der Waals surface area contributed by atoms with Crippen molar-refractivity contribution < 1.29 is 18.3 Å². The highest BCUT2D eigenvalue weighted by molar-refractivity contribution is 7.92. The van der Waals surface area contributed by atoms with Crippen LogP contribution < -0.4 is 4.72 Å². The number of aryl methyl sites for hydroxylation is 1. The number of carboxylic acids is 1. The molecule has 0 aliphatic heterocycles. The summed E-state index contributed by atoms with van der Waals surface area (Å²) in [5.41, 5.74) is 2.41. The monoisotopic (exact) mass is 361 g/mol. The van der Waals surface area contributed by atoms with Gasteiger partial charge in [-0.05, 0) is 48.2 Å². The number of rotatable bonds is 8. The molecule has 0 fully saturated rings. The minimum atomic E-state index is -3.64. The maximum Gasteiger partial charge on any atom is 0.306 e. The number of hydrogen-bond donors (Lipinski definition) is 2. The second-order valence-electron chi connectivity index (χ2n) is 6.14. The van der Waals surface area contributed by atoms with E-state index in [9.17, 15) is 13.2 Å². The van der Waals surface area contributed by atoms with Gasteiger partial charge in [-0.3, -0.25) is 9.52 Å². The van der Waals surface area contributed by atoms with Gasteiger partial charge in [0.2, 0.25) is 0 Å². The Morgan fingerprint density at radius 2 is 1.60 bits per heavy atom. The van der Waals surface area contributed by atoms with Crippen molar-refractivity contribution in [2.75, 3.05) is 4.72 Å². The van der Waals surface area contributed by atoms with Gasteiger partial charge >= 0.3 is 5.97 Å². The Kier molecular flexibility index (Phi) is 6.20. The molecule has 0 heterocycles. The zero-order valence-electron chi connectivity index (χ0n) is 14.4. The maximum atomic E-state index is 12.4. The Hall–Kier alpha value is -2.34. The summed E-state index contributed by atoms with van der Waals surface area (Å²) < 4.78 is 27.4. The maximum absolute atomic E-state index is 12.4. The molecule has 1 unspecified atom stereocenters. The molecule has 0 saturated carbocycles. The van der Waals surface area contributed by atoms with E-state index in [-0.39, 0.29) is 4.90 Å². The molecule has 0 aliphatic rings. The lowest BCUT2D eigenvalue weighted by Crippen LogP contribution is -2.14. The van der Waals surface area contributed by atoms with E-state index in [1.807, 2.05) is 12.1 Å². The van der Waals surface area contributed by atoms with Crippen LogP contribution in [0.3, 0.4) is 0 Å². The van der Waals surface area contributed by atoms with Gasteiger partial charge in [-0.2, -0.15) is 0 Å². The lowest BCUT2D eigenvalue weighted by molar-refractivity contribution is -0.141. The van der Waals surface area contributed by atoms with Crippen molar-refractivity contribution in [1.82, 2.24) is 0 Å². The molecule has 0 spiro atoms. The molecule has 2 rings (SSSR count). The van der Waals surface area contributed by atoms with Crippen LogP contribution in [-0.2, 0) is 27.7 Å². The van der Waals surface area contributed by atoms with Crippen molar-refractivity contribution in [2.45, 2.75) is 38.0 Å². The summed E-state index contributed by atoms with van der Waals surface area (Å²) in [5, 5.41) is 8.94. The van der Waals surface area contributed by atoms with Gasteiger partial charge in [0.1, 0.15) is 0 Å². The Labute approximate surface area is 148 Å². The van der Waals surface area contributed by atoms with E-state index in [0.717, 1.165) is 24.0 Å². The van der Waals surface area contributed by atoms with Crippen molar-refractivity contribution in [3.05, 3.63) is 59.7 Å². The highest BCUT2D eigenvalue weighted by atomic mass is 32.2. The van der Waals surface area contributed by atoms with Crippen LogP contribution >= 0.6 is 0 Å². The second kappa shape index (κ2) is 8.16. The summed E-state index contributed by atoms with van der Waals surface area (Å²) in [6.45, 7) is 3.72. The van der Waals surface area contributed by atoms with E-state index >= 15 is 0 Å². The zero-order chi connectivity index (χ0) is 18.4. The Morgan fingerprint density at radius 3 is 2.12 bits per heavy atom. The molecule has 2 aromatic rings. The highest BCUT2D eigenvalue weighted by Gasteiger charge is 2.15. The van der Waals surface area contributed by atoms with E-state index in [0.29, 0.717) is 12.1 Å². The molecular weight excluding hydrogens is 338 g/mol. The van der Waals surface area contributed by atoms with Gasteiger partial charge in [-0.25, -0.2) is 8.42 Å². The molecule has 0 saturated heterocycles. The normalized spacial score (nSPS) is 12.6. The molecule has 5 nitrogen and oxygen atoms in total. The van der Waals surface area contributed by atoms with Gasteiger partial charge in [-0.15, -0.1) is 0 Å². The van der Waals surface area contributed by atoms with Gasteiger partial charge < -0.3 is 5.11 Å². The van der Waals surface area contributed by atoms with Crippen LogP contribution in [0.4, 0.5) is 5.69 Å². The minimum absolute atomic E-state index is 0.218. The van der Waals surface area contributed by atoms with Crippen molar-refractivity contribution in [2.24, 2.45) is 5.92 Å². The average molecular weight is 361 g/mol. The molecule has 0 radical (unpaired) electrons. The Morgan fingerprint density at radius 1 is 1.04 bits per heavy atom. The molecular formula is C19H23NO4S. The summed E-state index contributed by atoms with van der Waals surface area (Å²) in [6.07, 6.45) is 2.34. The molecule has 0 aliphatic carbocycles. The molecule has 0 amide bonds. The first-order valence-electron chi connectivity index (χ1n) is 8.25. The first-order chi connectivity index (χ1) is 11.8. The van der Waals surface area contributed by atoms with E-state index in [4.69, 9.17) is 5.11 Å². The summed E-state index contributed by atoms with van der Waals surface area (Å²) in [6, 6.07) is 13.6. The standard InChI is InChI=1S/C19H23NO4S/c1-3-4-15-7-11-18(12-8-15)25(23,24)20-17-9-5-16(6-10-17)13-14(2)19(21)22/h5-12,14,20H,3-4,13H2,1-2H3,(H,21,22). The fraction of sp³-hybridized carbons (Fsp3) is 0.316. The molecule has 0 bridgehead atoms. The van der Waals surface area contributed by atoms with Crippen LogP contribution in [0.2, 0.25) is 0 Å². The van der Waals surface area contributed by atoms with Gasteiger partial charge in [0.25, 0.3) is 10.0 Å². The Bertz CT molecular complexity index is 812. The van der Waals surface area contributed by atoms with E-state index < -0.39 is 21.9 Å². The lowest BCUT2D eigenvalue weighted by atomic mass is 10.0. The fourth-order valence-electron chi connectivity index (χ4n) is 2.49. The van der Waals surface area contributed by atoms with E-state index in [1.54, 1.807) is 43.3 Å². The first kappa shape index (κ1) is 19.0. The van der Waals surface area contributed by atoms with Gasteiger partial charge in [0, 0.05) is 5.69 Å². The van der Waals surface area contributed by atoms with Gasteiger partial charge in [-0.1, -0.05) is 44.5 Å². The molecule has 2 aromatic carbocycles. The van der Waals surface area contributed by atoms with Crippen molar-refractivity contribution in [3.8, 4) is 0 Å². The second-order valence-corrected chi connectivity index (χ2v) is 7.82. The highest BCUT2D eigenvalue weighted by Crippen LogP contribution is 2.19. The third-order valence-electron chi connectivity index (χ3n) is 3.94. The van der Waals surface area contributed by atoms with Gasteiger partial charge in [0.15, 0.2) is 0 Å². The first-order valence-corrected chi connectivity index (χ1v) is 9.73. The summed E-state index contributed by atoms with van der Waals surface area (Å²) in [4.78, 5) is 11.1. The average Bonchev–Trinajstić information content (AvgIpc) is 2.57. The zero-order valence-corrected chi connectivity index (χ0v) is 15.2. The number of anilines is 1. The smallest absolute Gasteiger partial charge is 0.306 e. The van der Waals surface area contributed by atoms with Crippen LogP contribution in [0.1, 0.15) is 31.4 Å². The van der Waals surface area contributed by atoms with Crippen molar-refractivity contribution >= 4 is 21.7 Å². The third kappa shape index (κ3) is 5.32. The van der Waals surface area contributed by atoms with Crippen LogP contribution in [-0.4, -0.2) is 19.5 Å². The largest absolute Gasteiger partial charge is 0.481 e. The predicted molar refractivity (Wildman–Crippen MR) is 98.2 cm³/mol. The SMILES string of the molecule is CCCc1ccc(S(=O)(=O)Nc2ccc(CC(C)C(=O)O)cc2)cc1. The molecule has 134 valence electrons. The molecule has 25 heavy (non-hydrogen) atoms. The number of hydrogen-bond acceptors (Lipinski definition) is 3. The minimum Gasteiger partial charge on any atom is -0.481 e. The number of sulfonamides is 1. The Balaban J connectivity index is 2.08. The van der Waals surface area contributed by atoms with Crippen molar-refractivity contribution in [3.63, 3.8) is 0 Å². The molecule has 6 heteroatoms. The number of carboxylic acid groups (broad SMARTS) is 1. The molecule has 2 N–H and O–H groups in total. The number of nitrogens with one attached hydrogen (secondary N) is 1. The number of carbonyl (C=O) groups is 1. The summed E-state index contributed by atoms with van der Waals surface area (Å²) >= 11 is 0. The fourth-order valence-corrected chi connectivity index (χ4v) is 3.55. The summed E-state index contributed by atoms with van der Waals surface area (Å²) in [5.74, 6) is -1.33. The quantitative estimate of drug-likeness (QED) is 0.751. The topological polar surface area (TPSA) is 83.5 Å². The predicted octanol–water partition coefficient (Wildman–Crippen LogP) is 3.70. The van der Waals surface area contributed by atoms with Crippen LogP contribution in [0, 0.1) is 5.92 Å². The molecule has 0 aromatic heterocycles. The van der Waals surface area contributed by atoms with E-state index in [1.165, 1.54) is 0 Å².